The minimum Gasteiger partial charge on any atom is -0.444 e. The monoisotopic (exact) mass is 662 g/mol. The van der Waals surface area contributed by atoms with E-state index in [1.165, 1.54) is 0 Å². The lowest BCUT2D eigenvalue weighted by atomic mass is 10.1. The number of benzene rings is 2. The number of hydrogen-bond donors (Lipinski definition) is 1. The van der Waals surface area contributed by atoms with E-state index in [9.17, 15) is 26.4 Å². The summed E-state index contributed by atoms with van der Waals surface area (Å²) in [4.78, 5) is 32.1. The zero-order valence-corrected chi connectivity index (χ0v) is 28.6. The van der Waals surface area contributed by atoms with Crippen LogP contribution in [0.15, 0.2) is 41.3 Å². The number of unbranched alkanes of at least 4 members (excludes halogenated alkanes) is 4. The standard InChI is InChI=1S/C32H46N4O7S2/c1-6-7-8-9-10-21-45(41,42)26-12-14-29-24(22-26)15-16-36(29)30(37)27-23-25(11-13-28(27)33-44(5,39)40)34-17-19-35(20-18-34)31(38)43-32(2,3)4/h11-14,22-23,33H,6-10,15-21H2,1-5H3. The number of amides is 2. The van der Waals surface area contributed by atoms with Gasteiger partial charge in [-0.25, -0.2) is 21.6 Å². The van der Waals surface area contributed by atoms with Crippen LogP contribution < -0.4 is 14.5 Å². The van der Waals surface area contributed by atoms with Crippen LogP contribution in [-0.4, -0.2) is 84.1 Å². The summed E-state index contributed by atoms with van der Waals surface area (Å²) in [5, 5.41) is 0. The fourth-order valence-electron chi connectivity index (χ4n) is 5.61. The van der Waals surface area contributed by atoms with Crippen LogP contribution in [0.3, 0.4) is 0 Å². The van der Waals surface area contributed by atoms with Crippen LogP contribution >= 0.6 is 0 Å². The maximum atomic E-state index is 14.0. The number of rotatable bonds is 11. The molecule has 2 amide bonds. The lowest BCUT2D eigenvalue weighted by Gasteiger charge is -2.37. The van der Waals surface area contributed by atoms with Gasteiger partial charge in [0.05, 0.1) is 28.2 Å². The second-order valence-corrected chi connectivity index (χ2v) is 16.6. The summed E-state index contributed by atoms with van der Waals surface area (Å²) >= 11 is 0. The zero-order valence-electron chi connectivity index (χ0n) is 27.0. The molecular formula is C32H46N4O7S2. The normalized spacial score (nSPS) is 15.6. The molecule has 13 heteroatoms. The molecule has 2 aliphatic rings. The molecule has 1 saturated heterocycles. The summed E-state index contributed by atoms with van der Waals surface area (Å²) in [5.41, 5.74) is 1.86. The summed E-state index contributed by atoms with van der Waals surface area (Å²) in [7, 11) is -7.12. The van der Waals surface area contributed by atoms with Gasteiger partial charge in [0.25, 0.3) is 5.91 Å². The van der Waals surface area contributed by atoms with Gasteiger partial charge < -0.3 is 19.4 Å². The van der Waals surface area contributed by atoms with E-state index in [1.54, 1.807) is 46.2 Å². The van der Waals surface area contributed by atoms with Gasteiger partial charge in [-0.2, -0.15) is 0 Å². The van der Waals surface area contributed by atoms with Crippen LogP contribution in [0.1, 0.15) is 75.7 Å². The fourth-order valence-corrected chi connectivity index (χ4v) is 7.60. The Morgan fingerprint density at radius 1 is 0.889 bits per heavy atom. The van der Waals surface area contributed by atoms with E-state index in [4.69, 9.17) is 4.74 Å². The van der Waals surface area contributed by atoms with Crippen molar-refractivity contribution in [2.45, 2.75) is 76.7 Å². The Morgan fingerprint density at radius 3 is 2.22 bits per heavy atom. The number of hydrogen-bond acceptors (Lipinski definition) is 8. The third kappa shape index (κ3) is 9.12. The Kier molecular flexibility index (Phi) is 10.7. The molecule has 45 heavy (non-hydrogen) atoms. The van der Waals surface area contributed by atoms with Gasteiger partial charge in [-0.05, 0) is 75.6 Å². The number of sulfone groups is 1. The molecule has 1 N–H and O–H groups in total. The minimum atomic E-state index is -3.68. The Morgan fingerprint density at radius 2 is 1.58 bits per heavy atom. The van der Waals surface area contributed by atoms with Gasteiger partial charge in [-0.1, -0.05) is 32.6 Å². The van der Waals surface area contributed by atoms with Gasteiger partial charge in [-0.3, -0.25) is 9.52 Å². The number of carbonyl (C=O) groups excluding carboxylic acids is 2. The molecule has 0 radical (unpaired) electrons. The van der Waals surface area contributed by atoms with Crippen molar-refractivity contribution in [1.29, 1.82) is 0 Å². The SMILES string of the molecule is CCCCCCCS(=O)(=O)c1ccc2c(c1)CCN2C(=O)c1cc(N2CCN(C(=O)OC(C)(C)C)CC2)ccc1NS(C)(=O)=O. The zero-order chi connectivity index (χ0) is 33.0. The molecule has 0 spiro atoms. The van der Waals surface area contributed by atoms with Crippen molar-refractivity contribution in [3.8, 4) is 0 Å². The largest absolute Gasteiger partial charge is 0.444 e. The van der Waals surface area contributed by atoms with Crippen molar-refractivity contribution < 1.29 is 31.2 Å². The van der Waals surface area contributed by atoms with Gasteiger partial charge in [0.2, 0.25) is 10.0 Å². The second kappa shape index (κ2) is 14.0. The average Bonchev–Trinajstić information content (AvgIpc) is 3.39. The van der Waals surface area contributed by atoms with E-state index < -0.39 is 25.5 Å². The molecule has 0 atom stereocenters. The lowest BCUT2D eigenvalue weighted by Crippen LogP contribution is -2.50. The molecule has 0 unspecified atom stereocenters. The molecule has 2 heterocycles. The Labute approximate surface area is 267 Å². The number of anilines is 3. The van der Waals surface area contributed by atoms with Gasteiger partial charge in [0, 0.05) is 44.1 Å². The van der Waals surface area contributed by atoms with Gasteiger partial charge in [0.1, 0.15) is 5.60 Å². The number of nitrogens with one attached hydrogen (secondary N) is 1. The van der Waals surface area contributed by atoms with E-state index in [0.717, 1.165) is 43.2 Å². The van der Waals surface area contributed by atoms with Crippen molar-refractivity contribution in [2.75, 3.05) is 59.3 Å². The highest BCUT2D eigenvalue weighted by atomic mass is 32.2. The van der Waals surface area contributed by atoms with Gasteiger partial charge in [0.15, 0.2) is 9.84 Å². The van der Waals surface area contributed by atoms with Gasteiger partial charge >= 0.3 is 6.09 Å². The molecule has 2 aromatic carbocycles. The number of sulfonamides is 1. The smallest absolute Gasteiger partial charge is 0.410 e. The molecule has 0 bridgehead atoms. The highest BCUT2D eigenvalue weighted by molar-refractivity contribution is 7.92. The number of piperazine rings is 1. The first-order chi connectivity index (χ1) is 21.1. The maximum Gasteiger partial charge on any atom is 0.410 e. The third-order valence-electron chi connectivity index (χ3n) is 7.89. The molecule has 0 aromatic heterocycles. The Bertz CT molecular complexity index is 1610. The lowest BCUT2D eigenvalue weighted by molar-refractivity contribution is 0.0240. The van der Waals surface area contributed by atoms with Crippen molar-refractivity contribution in [3.63, 3.8) is 0 Å². The van der Waals surface area contributed by atoms with Crippen LogP contribution in [0.5, 0.6) is 0 Å². The van der Waals surface area contributed by atoms with Gasteiger partial charge in [-0.15, -0.1) is 0 Å². The molecule has 0 saturated carbocycles. The molecular weight excluding hydrogens is 617 g/mol. The summed E-state index contributed by atoms with van der Waals surface area (Å²) in [5.74, 6) is -0.294. The summed E-state index contributed by atoms with van der Waals surface area (Å²) < 4.78 is 58.3. The number of carbonyl (C=O) groups is 2. The molecule has 1 fully saturated rings. The molecule has 0 aliphatic carbocycles. The first kappa shape index (κ1) is 34.6. The van der Waals surface area contributed by atoms with Crippen molar-refractivity contribution in [1.82, 2.24) is 4.90 Å². The second-order valence-electron chi connectivity index (χ2n) is 12.8. The molecule has 4 rings (SSSR count). The van der Waals surface area contributed by atoms with Crippen LogP contribution in [0.25, 0.3) is 0 Å². The number of fused-ring (bicyclic) bond motifs is 1. The van der Waals surface area contributed by atoms with E-state index in [-0.39, 0.29) is 33.9 Å². The highest BCUT2D eigenvalue weighted by Crippen LogP contribution is 2.34. The Hall–Kier alpha value is -3.32. The van der Waals surface area contributed by atoms with Crippen molar-refractivity contribution >= 4 is 48.9 Å². The van der Waals surface area contributed by atoms with Crippen molar-refractivity contribution in [2.24, 2.45) is 0 Å². The van der Waals surface area contributed by atoms with E-state index in [0.29, 0.717) is 51.3 Å². The van der Waals surface area contributed by atoms with Crippen LogP contribution in [-0.2, 0) is 31.0 Å². The average molecular weight is 663 g/mol. The first-order valence-corrected chi connectivity index (χ1v) is 19.1. The first-order valence-electron chi connectivity index (χ1n) is 15.6. The number of ether oxygens (including phenoxy) is 1. The van der Waals surface area contributed by atoms with E-state index in [1.807, 2.05) is 25.7 Å². The third-order valence-corrected chi connectivity index (χ3v) is 10.3. The van der Waals surface area contributed by atoms with E-state index in [2.05, 4.69) is 11.6 Å². The summed E-state index contributed by atoms with van der Waals surface area (Å²) in [6.07, 6.45) is 5.85. The minimum absolute atomic E-state index is 0.0947. The summed E-state index contributed by atoms with van der Waals surface area (Å²) in [6.45, 7) is 9.81. The van der Waals surface area contributed by atoms with Crippen LogP contribution in [0, 0.1) is 0 Å². The maximum absolute atomic E-state index is 14.0. The quantitative estimate of drug-likeness (QED) is 0.330. The summed E-state index contributed by atoms with van der Waals surface area (Å²) in [6, 6.07) is 9.91. The predicted octanol–water partition coefficient (Wildman–Crippen LogP) is 5.06. The highest BCUT2D eigenvalue weighted by Gasteiger charge is 2.31. The molecule has 2 aromatic rings. The number of nitrogens with zero attached hydrogens (tertiary/aromatic N) is 3. The molecule has 11 nitrogen and oxygen atoms in total. The van der Waals surface area contributed by atoms with Crippen molar-refractivity contribution in [3.05, 3.63) is 47.5 Å². The van der Waals surface area contributed by atoms with Crippen LogP contribution in [0.4, 0.5) is 21.9 Å². The Balaban J connectivity index is 1.54. The van der Waals surface area contributed by atoms with Crippen LogP contribution in [0.2, 0.25) is 0 Å². The predicted molar refractivity (Wildman–Crippen MR) is 178 cm³/mol. The van der Waals surface area contributed by atoms with E-state index >= 15 is 0 Å². The topological polar surface area (TPSA) is 133 Å². The molecule has 2 aliphatic heterocycles. The molecule has 248 valence electrons. The fraction of sp³-hybridized carbons (Fsp3) is 0.562.